The van der Waals surface area contributed by atoms with Crippen molar-refractivity contribution in [3.8, 4) is 0 Å². The molecule has 1 saturated heterocycles. The van der Waals surface area contributed by atoms with Crippen LogP contribution >= 0.6 is 0 Å². The first kappa shape index (κ1) is 13.3. The maximum absolute atomic E-state index is 10.3. The lowest BCUT2D eigenvalue weighted by atomic mass is 9.84. The predicted molar refractivity (Wildman–Crippen MR) is 65.9 cm³/mol. The highest BCUT2D eigenvalue weighted by molar-refractivity contribution is 4.93. The Kier molecular flexibility index (Phi) is 4.08. The summed E-state index contributed by atoms with van der Waals surface area (Å²) in [4.78, 5) is 0. The Labute approximate surface area is 103 Å². The molecule has 4 heteroatoms. The van der Waals surface area contributed by atoms with Crippen molar-refractivity contribution in [2.75, 3.05) is 19.7 Å². The average Bonchev–Trinajstić information content (AvgIpc) is 2.60. The number of hydrogen-bond acceptors (Lipinski definition) is 4. The van der Waals surface area contributed by atoms with Gasteiger partial charge in [-0.25, -0.2) is 0 Å². The summed E-state index contributed by atoms with van der Waals surface area (Å²) in [7, 11) is 0. The Bertz CT molecular complexity index is 253. The number of rotatable bonds is 4. The smallest absolute Gasteiger partial charge is 0.105 e. The summed E-state index contributed by atoms with van der Waals surface area (Å²) in [6, 6.07) is 0. The maximum atomic E-state index is 10.3. The van der Waals surface area contributed by atoms with E-state index in [-0.39, 0.29) is 6.10 Å². The second-order valence-corrected chi connectivity index (χ2v) is 5.76. The first-order valence-electron chi connectivity index (χ1n) is 6.81. The van der Waals surface area contributed by atoms with Gasteiger partial charge in [0, 0.05) is 26.1 Å². The second-order valence-electron chi connectivity index (χ2n) is 5.76. The highest BCUT2D eigenvalue weighted by Gasteiger charge is 2.39. The molecular weight excluding hydrogens is 218 g/mol. The van der Waals surface area contributed by atoms with Crippen molar-refractivity contribution in [2.24, 2.45) is 0 Å². The predicted octanol–water partition coefficient (Wildman–Crippen LogP) is 0.811. The van der Waals surface area contributed by atoms with Gasteiger partial charge in [-0.1, -0.05) is 19.3 Å². The van der Waals surface area contributed by atoms with E-state index in [0.29, 0.717) is 26.1 Å². The van der Waals surface area contributed by atoms with Gasteiger partial charge >= 0.3 is 0 Å². The molecule has 2 fully saturated rings. The van der Waals surface area contributed by atoms with E-state index in [2.05, 4.69) is 5.32 Å². The summed E-state index contributed by atoms with van der Waals surface area (Å²) >= 11 is 0. The Balaban J connectivity index is 1.75. The Hall–Kier alpha value is -0.160. The molecule has 0 amide bonds. The molecule has 1 heterocycles. The van der Waals surface area contributed by atoms with Crippen molar-refractivity contribution >= 4 is 0 Å². The Morgan fingerprint density at radius 1 is 1.12 bits per heavy atom. The van der Waals surface area contributed by atoms with Crippen LogP contribution in [0.5, 0.6) is 0 Å². The molecule has 2 unspecified atom stereocenters. The summed E-state index contributed by atoms with van der Waals surface area (Å²) in [5.74, 6) is 0. The Morgan fingerprint density at radius 2 is 1.82 bits per heavy atom. The molecule has 0 aromatic heterocycles. The van der Waals surface area contributed by atoms with Gasteiger partial charge in [0.05, 0.1) is 11.7 Å². The summed E-state index contributed by atoms with van der Waals surface area (Å²) in [5.41, 5.74) is -1.32. The molecule has 2 rings (SSSR count). The minimum Gasteiger partial charge on any atom is -0.389 e. The highest BCUT2D eigenvalue weighted by Crippen LogP contribution is 2.28. The number of hydrogen-bond donors (Lipinski definition) is 3. The summed E-state index contributed by atoms with van der Waals surface area (Å²) in [6.07, 6.45) is 5.78. The molecule has 2 atom stereocenters. The van der Waals surface area contributed by atoms with Crippen LogP contribution < -0.4 is 5.32 Å². The summed E-state index contributed by atoms with van der Waals surface area (Å²) < 4.78 is 5.38. The van der Waals surface area contributed by atoms with Crippen molar-refractivity contribution in [1.29, 1.82) is 0 Å². The van der Waals surface area contributed by atoms with E-state index in [1.54, 1.807) is 0 Å². The molecule has 0 spiro atoms. The molecule has 0 bridgehead atoms. The fourth-order valence-electron chi connectivity index (χ4n) is 2.90. The molecule has 0 radical (unpaired) electrons. The third-order valence-electron chi connectivity index (χ3n) is 4.33. The van der Waals surface area contributed by atoms with Gasteiger partial charge < -0.3 is 20.3 Å². The lowest BCUT2D eigenvalue weighted by molar-refractivity contribution is -0.0361. The zero-order valence-corrected chi connectivity index (χ0v) is 10.7. The average molecular weight is 243 g/mol. The van der Waals surface area contributed by atoms with Crippen molar-refractivity contribution in [1.82, 2.24) is 5.32 Å². The molecule has 0 aromatic carbocycles. The minimum absolute atomic E-state index is 0.115. The van der Waals surface area contributed by atoms with Crippen LogP contribution in [0, 0.1) is 0 Å². The van der Waals surface area contributed by atoms with E-state index in [4.69, 9.17) is 4.74 Å². The van der Waals surface area contributed by atoms with Crippen molar-refractivity contribution in [3.63, 3.8) is 0 Å². The van der Waals surface area contributed by atoms with Gasteiger partial charge in [0.1, 0.15) is 5.60 Å². The minimum atomic E-state index is -0.759. The molecule has 0 aromatic rings. The van der Waals surface area contributed by atoms with Gasteiger partial charge in [0.15, 0.2) is 0 Å². The van der Waals surface area contributed by atoms with E-state index in [1.807, 2.05) is 6.92 Å². The van der Waals surface area contributed by atoms with Gasteiger partial charge in [-0.15, -0.1) is 0 Å². The SMILES string of the molecule is CC1OCCC1(O)CNCC1(O)CCCCC1. The normalized spacial score (nSPS) is 37.2. The molecule has 17 heavy (non-hydrogen) atoms. The molecule has 1 saturated carbocycles. The van der Waals surface area contributed by atoms with Crippen LogP contribution in [0.25, 0.3) is 0 Å². The molecule has 3 N–H and O–H groups in total. The highest BCUT2D eigenvalue weighted by atomic mass is 16.5. The molecule has 4 nitrogen and oxygen atoms in total. The van der Waals surface area contributed by atoms with Crippen LogP contribution in [0.4, 0.5) is 0 Å². The first-order chi connectivity index (χ1) is 8.04. The van der Waals surface area contributed by atoms with Gasteiger partial charge in [-0.3, -0.25) is 0 Å². The van der Waals surface area contributed by atoms with E-state index < -0.39 is 11.2 Å². The molecule has 1 aliphatic carbocycles. The molecule has 1 aliphatic heterocycles. The monoisotopic (exact) mass is 243 g/mol. The summed E-state index contributed by atoms with van der Waals surface area (Å²) in [6.45, 7) is 3.63. The van der Waals surface area contributed by atoms with Crippen LogP contribution in [-0.2, 0) is 4.74 Å². The van der Waals surface area contributed by atoms with E-state index >= 15 is 0 Å². The van der Waals surface area contributed by atoms with E-state index in [0.717, 1.165) is 25.7 Å². The molecule has 2 aliphatic rings. The van der Waals surface area contributed by atoms with Crippen LogP contribution in [-0.4, -0.2) is 47.2 Å². The lowest BCUT2D eigenvalue weighted by Crippen LogP contribution is -2.50. The number of aliphatic hydroxyl groups is 2. The zero-order chi connectivity index (χ0) is 12.4. The molecule has 100 valence electrons. The lowest BCUT2D eigenvalue weighted by Gasteiger charge is -2.34. The van der Waals surface area contributed by atoms with Gasteiger partial charge in [-0.2, -0.15) is 0 Å². The number of ether oxygens (including phenoxy) is 1. The van der Waals surface area contributed by atoms with Gasteiger partial charge in [0.25, 0.3) is 0 Å². The fourth-order valence-corrected chi connectivity index (χ4v) is 2.90. The van der Waals surface area contributed by atoms with Crippen LogP contribution in [0.15, 0.2) is 0 Å². The van der Waals surface area contributed by atoms with Crippen LogP contribution in [0.3, 0.4) is 0 Å². The van der Waals surface area contributed by atoms with Gasteiger partial charge in [0.2, 0.25) is 0 Å². The zero-order valence-electron chi connectivity index (χ0n) is 10.7. The molecular formula is C13H25NO3. The van der Waals surface area contributed by atoms with Crippen LogP contribution in [0.1, 0.15) is 45.4 Å². The Morgan fingerprint density at radius 3 is 2.41 bits per heavy atom. The number of nitrogens with one attached hydrogen (secondary N) is 1. The quantitative estimate of drug-likeness (QED) is 0.684. The van der Waals surface area contributed by atoms with Crippen molar-refractivity contribution < 1.29 is 14.9 Å². The maximum Gasteiger partial charge on any atom is 0.105 e. The largest absolute Gasteiger partial charge is 0.389 e. The third-order valence-corrected chi connectivity index (χ3v) is 4.33. The van der Waals surface area contributed by atoms with Gasteiger partial charge in [-0.05, 0) is 19.8 Å². The van der Waals surface area contributed by atoms with Crippen molar-refractivity contribution in [2.45, 2.75) is 62.8 Å². The first-order valence-corrected chi connectivity index (χ1v) is 6.81. The van der Waals surface area contributed by atoms with E-state index in [1.165, 1.54) is 6.42 Å². The van der Waals surface area contributed by atoms with E-state index in [9.17, 15) is 10.2 Å². The summed E-state index contributed by atoms with van der Waals surface area (Å²) in [5, 5.41) is 23.9. The fraction of sp³-hybridized carbons (Fsp3) is 1.00. The third kappa shape index (κ3) is 3.19. The second kappa shape index (κ2) is 5.22. The topological polar surface area (TPSA) is 61.7 Å². The van der Waals surface area contributed by atoms with Crippen LogP contribution in [0.2, 0.25) is 0 Å². The standard InChI is InChI=1S/C13H25NO3/c1-11-13(16,7-8-17-11)10-14-9-12(15)5-3-2-4-6-12/h11,14-16H,2-10H2,1H3. The van der Waals surface area contributed by atoms with Crippen molar-refractivity contribution in [3.05, 3.63) is 0 Å².